The first-order chi connectivity index (χ1) is 10.7. The lowest BCUT2D eigenvalue weighted by Crippen LogP contribution is -2.36. The molecule has 0 aromatic heterocycles. The van der Waals surface area contributed by atoms with Gasteiger partial charge in [-0.15, -0.1) is 0 Å². The van der Waals surface area contributed by atoms with Crippen LogP contribution in [0.5, 0.6) is 0 Å². The highest BCUT2D eigenvalue weighted by Gasteiger charge is 2.39. The molecular formula is C19H20ClNO. The number of anilines is 1. The highest BCUT2D eigenvalue weighted by molar-refractivity contribution is 6.30. The van der Waals surface area contributed by atoms with Crippen molar-refractivity contribution in [1.82, 2.24) is 0 Å². The minimum Gasteiger partial charge on any atom is -0.378 e. The smallest absolute Gasteiger partial charge is 0.0896 e. The molecule has 1 unspecified atom stereocenters. The molecule has 114 valence electrons. The van der Waals surface area contributed by atoms with Crippen molar-refractivity contribution in [2.45, 2.75) is 31.9 Å². The molecule has 1 fully saturated rings. The van der Waals surface area contributed by atoms with E-state index in [-0.39, 0.29) is 6.10 Å². The van der Waals surface area contributed by atoms with Crippen molar-refractivity contribution in [3.8, 4) is 0 Å². The van der Waals surface area contributed by atoms with Gasteiger partial charge in [0.2, 0.25) is 0 Å². The Morgan fingerprint density at radius 1 is 1.18 bits per heavy atom. The van der Waals surface area contributed by atoms with Crippen molar-refractivity contribution < 1.29 is 4.74 Å². The van der Waals surface area contributed by atoms with Crippen LogP contribution in [0.1, 0.15) is 41.7 Å². The minimum absolute atomic E-state index is 0.147. The first-order valence-electron chi connectivity index (χ1n) is 7.96. The Morgan fingerprint density at radius 3 is 2.95 bits per heavy atom. The molecule has 2 aromatic carbocycles. The topological polar surface area (TPSA) is 21.3 Å². The zero-order valence-electron chi connectivity index (χ0n) is 12.7. The van der Waals surface area contributed by atoms with Gasteiger partial charge in [-0.3, -0.25) is 0 Å². The van der Waals surface area contributed by atoms with Crippen LogP contribution in [0.4, 0.5) is 5.69 Å². The molecule has 2 aliphatic heterocycles. The fraction of sp³-hybridized carbons (Fsp3) is 0.368. The van der Waals surface area contributed by atoms with Crippen molar-refractivity contribution in [2.24, 2.45) is 5.92 Å². The van der Waals surface area contributed by atoms with Gasteiger partial charge < -0.3 is 10.1 Å². The summed E-state index contributed by atoms with van der Waals surface area (Å²) in [5, 5.41) is 4.51. The zero-order valence-corrected chi connectivity index (χ0v) is 13.4. The Labute approximate surface area is 136 Å². The molecule has 2 heterocycles. The van der Waals surface area contributed by atoms with E-state index in [0.717, 1.165) is 23.7 Å². The van der Waals surface area contributed by atoms with Crippen LogP contribution < -0.4 is 5.32 Å². The summed E-state index contributed by atoms with van der Waals surface area (Å²) in [6, 6.07) is 15.2. The number of nitrogens with one attached hydrogen (secondary N) is 1. The van der Waals surface area contributed by atoms with Crippen LogP contribution in [-0.2, 0) is 4.74 Å². The number of benzene rings is 2. The maximum absolute atomic E-state index is 6.20. The third-order valence-corrected chi connectivity index (χ3v) is 5.06. The van der Waals surface area contributed by atoms with E-state index in [1.165, 1.54) is 23.1 Å². The minimum atomic E-state index is 0.147. The maximum atomic E-state index is 6.20. The average Bonchev–Trinajstić information content (AvgIpc) is 2.54. The van der Waals surface area contributed by atoms with Gasteiger partial charge in [-0.2, -0.15) is 0 Å². The molecule has 0 aliphatic carbocycles. The molecule has 1 N–H and O–H groups in total. The average molecular weight is 314 g/mol. The quantitative estimate of drug-likeness (QED) is 0.773. The van der Waals surface area contributed by atoms with Crippen LogP contribution >= 0.6 is 11.6 Å². The number of ether oxygens (including phenoxy) is 1. The van der Waals surface area contributed by atoms with E-state index in [4.69, 9.17) is 16.3 Å². The van der Waals surface area contributed by atoms with Gasteiger partial charge in [0.05, 0.1) is 12.1 Å². The first-order valence-corrected chi connectivity index (χ1v) is 8.34. The van der Waals surface area contributed by atoms with Crippen molar-refractivity contribution in [2.75, 3.05) is 11.9 Å². The van der Waals surface area contributed by atoms with Crippen molar-refractivity contribution in [1.29, 1.82) is 0 Å². The Hall–Kier alpha value is -1.51. The van der Waals surface area contributed by atoms with E-state index >= 15 is 0 Å². The molecule has 3 heteroatoms. The lowest BCUT2D eigenvalue weighted by atomic mass is 9.77. The highest BCUT2D eigenvalue weighted by atomic mass is 35.5. The molecular weight excluding hydrogens is 294 g/mol. The first kappa shape index (κ1) is 14.1. The number of rotatable bonds is 1. The zero-order chi connectivity index (χ0) is 15.1. The third-order valence-electron chi connectivity index (χ3n) is 4.83. The SMILES string of the molecule is Cc1cccc(C2Nc3ccc(Cl)cc3[C@H]3OCCC[C@@H]23)c1. The Kier molecular flexibility index (Phi) is 3.59. The molecule has 2 aliphatic rings. The second-order valence-electron chi connectivity index (χ2n) is 6.37. The molecule has 0 spiro atoms. The van der Waals surface area contributed by atoms with Crippen LogP contribution in [0.3, 0.4) is 0 Å². The molecule has 0 bridgehead atoms. The van der Waals surface area contributed by atoms with Gasteiger partial charge >= 0.3 is 0 Å². The Bertz CT molecular complexity index is 700. The van der Waals surface area contributed by atoms with Crippen molar-refractivity contribution in [3.05, 3.63) is 64.2 Å². The summed E-state index contributed by atoms with van der Waals surface area (Å²) < 4.78 is 6.15. The maximum Gasteiger partial charge on any atom is 0.0896 e. The predicted molar refractivity (Wildman–Crippen MR) is 90.4 cm³/mol. The number of aryl methyl sites for hydroxylation is 1. The molecule has 2 aromatic rings. The molecule has 0 radical (unpaired) electrons. The van der Waals surface area contributed by atoms with Gasteiger partial charge in [-0.1, -0.05) is 41.4 Å². The standard InChI is InChI=1S/C19H20ClNO/c1-12-4-2-5-13(10-12)18-15-6-3-9-22-19(15)16-11-14(20)7-8-17(16)21-18/h2,4-5,7-8,10-11,15,18-19,21H,3,6,9H2,1H3/t15-,18?,19-/m0/s1. The van der Waals surface area contributed by atoms with E-state index in [2.05, 4.69) is 48.6 Å². The number of hydrogen-bond acceptors (Lipinski definition) is 2. The normalized spacial score (nSPS) is 26.7. The molecule has 2 nitrogen and oxygen atoms in total. The highest BCUT2D eigenvalue weighted by Crippen LogP contribution is 2.49. The molecule has 4 rings (SSSR count). The van der Waals surface area contributed by atoms with Gasteiger partial charge in [-0.25, -0.2) is 0 Å². The molecule has 1 saturated heterocycles. The second kappa shape index (κ2) is 5.60. The van der Waals surface area contributed by atoms with Crippen LogP contribution in [-0.4, -0.2) is 6.61 Å². The van der Waals surface area contributed by atoms with E-state index < -0.39 is 0 Å². The van der Waals surface area contributed by atoms with Crippen LogP contribution in [0.15, 0.2) is 42.5 Å². The number of halogens is 1. The summed E-state index contributed by atoms with van der Waals surface area (Å²) in [6.07, 6.45) is 2.46. The Balaban J connectivity index is 1.79. The lowest BCUT2D eigenvalue weighted by molar-refractivity contribution is -0.0381. The summed E-state index contributed by atoms with van der Waals surface area (Å²) >= 11 is 6.20. The summed E-state index contributed by atoms with van der Waals surface area (Å²) in [5.41, 5.74) is 5.01. The van der Waals surface area contributed by atoms with Gasteiger partial charge in [-0.05, 0) is 43.5 Å². The summed E-state index contributed by atoms with van der Waals surface area (Å²) in [6.45, 7) is 2.99. The third kappa shape index (κ3) is 2.41. The summed E-state index contributed by atoms with van der Waals surface area (Å²) in [5.74, 6) is 0.460. The summed E-state index contributed by atoms with van der Waals surface area (Å²) in [7, 11) is 0. The van der Waals surface area contributed by atoms with Crippen LogP contribution in [0, 0.1) is 12.8 Å². The Morgan fingerprint density at radius 2 is 2.09 bits per heavy atom. The predicted octanol–water partition coefficient (Wildman–Crippen LogP) is 5.28. The van der Waals surface area contributed by atoms with Crippen molar-refractivity contribution in [3.63, 3.8) is 0 Å². The monoisotopic (exact) mass is 313 g/mol. The van der Waals surface area contributed by atoms with Gasteiger partial charge in [0.15, 0.2) is 0 Å². The number of hydrogen-bond donors (Lipinski definition) is 1. The molecule has 0 saturated carbocycles. The van der Waals surface area contributed by atoms with Crippen LogP contribution in [0.2, 0.25) is 5.02 Å². The molecule has 22 heavy (non-hydrogen) atoms. The van der Waals surface area contributed by atoms with E-state index in [1.807, 2.05) is 6.07 Å². The summed E-state index contributed by atoms with van der Waals surface area (Å²) in [4.78, 5) is 0. The van der Waals surface area contributed by atoms with Crippen LogP contribution in [0.25, 0.3) is 0 Å². The van der Waals surface area contributed by atoms with Gasteiger partial charge in [0.1, 0.15) is 0 Å². The fourth-order valence-electron chi connectivity index (χ4n) is 3.84. The second-order valence-corrected chi connectivity index (χ2v) is 6.80. The molecule has 0 amide bonds. The van der Waals surface area contributed by atoms with E-state index in [0.29, 0.717) is 12.0 Å². The van der Waals surface area contributed by atoms with Gasteiger partial charge in [0, 0.05) is 28.8 Å². The van der Waals surface area contributed by atoms with Crippen molar-refractivity contribution >= 4 is 17.3 Å². The van der Waals surface area contributed by atoms with Gasteiger partial charge in [0.25, 0.3) is 0 Å². The van der Waals surface area contributed by atoms with E-state index in [1.54, 1.807) is 0 Å². The number of fused-ring (bicyclic) bond motifs is 3. The molecule has 3 atom stereocenters. The largest absolute Gasteiger partial charge is 0.378 e. The lowest BCUT2D eigenvalue weighted by Gasteiger charge is -2.43. The van der Waals surface area contributed by atoms with E-state index in [9.17, 15) is 0 Å². The fourth-order valence-corrected chi connectivity index (χ4v) is 4.02.